The van der Waals surface area contributed by atoms with Crippen molar-refractivity contribution in [3.8, 4) is 0 Å². The molecule has 1 saturated heterocycles. The van der Waals surface area contributed by atoms with Crippen LogP contribution < -0.4 is 5.32 Å². The minimum absolute atomic E-state index is 0.251. The quantitative estimate of drug-likeness (QED) is 0.861. The first-order valence-electron chi connectivity index (χ1n) is 9.22. The molecule has 2 aliphatic rings. The normalized spacial score (nSPS) is 27.7. The van der Waals surface area contributed by atoms with Gasteiger partial charge in [-0.25, -0.2) is 4.79 Å². The van der Waals surface area contributed by atoms with Crippen LogP contribution in [0.3, 0.4) is 0 Å². The fourth-order valence-electron chi connectivity index (χ4n) is 3.70. The van der Waals surface area contributed by atoms with Gasteiger partial charge in [-0.15, -0.1) is 0 Å². The van der Waals surface area contributed by atoms with Gasteiger partial charge in [0, 0.05) is 31.8 Å². The molecule has 0 atom stereocenters. The van der Waals surface area contributed by atoms with Crippen LogP contribution in [0.2, 0.25) is 0 Å². The number of carbonyl (C=O) groups is 1. The lowest BCUT2D eigenvalue weighted by Gasteiger charge is -2.40. The van der Waals surface area contributed by atoms with Gasteiger partial charge < -0.3 is 19.7 Å². The van der Waals surface area contributed by atoms with Crippen LogP contribution in [0, 0.1) is 0 Å². The Labute approximate surface area is 141 Å². The van der Waals surface area contributed by atoms with Gasteiger partial charge >= 0.3 is 6.09 Å². The average Bonchev–Trinajstić information content (AvgIpc) is 2.47. The summed E-state index contributed by atoms with van der Waals surface area (Å²) in [6.07, 6.45) is 7.10. The second-order valence-electron chi connectivity index (χ2n) is 7.84. The minimum Gasteiger partial charge on any atom is -0.444 e. The molecule has 1 aliphatic carbocycles. The second kappa shape index (κ2) is 8.34. The Morgan fingerprint density at radius 2 is 1.70 bits per heavy atom. The number of hydrogen-bond donors (Lipinski definition) is 1. The maximum Gasteiger partial charge on any atom is 0.407 e. The van der Waals surface area contributed by atoms with Crippen LogP contribution in [-0.2, 0) is 9.47 Å². The van der Waals surface area contributed by atoms with Crippen molar-refractivity contribution >= 4 is 6.09 Å². The summed E-state index contributed by atoms with van der Waals surface area (Å²) >= 11 is 0. The monoisotopic (exact) mass is 326 g/mol. The molecule has 1 heterocycles. The molecule has 0 aromatic carbocycles. The van der Waals surface area contributed by atoms with Crippen molar-refractivity contribution in [2.24, 2.45) is 0 Å². The molecule has 5 nitrogen and oxygen atoms in total. The lowest BCUT2D eigenvalue weighted by atomic mass is 9.90. The predicted molar refractivity (Wildman–Crippen MR) is 91.6 cm³/mol. The van der Waals surface area contributed by atoms with Crippen LogP contribution in [0.5, 0.6) is 0 Å². The van der Waals surface area contributed by atoms with Crippen molar-refractivity contribution in [1.29, 1.82) is 0 Å². The molecule has 0 aromatic rings. The molecule has 0 aromatic heterocycles. The summed E-state index contributed by atoms with van der Waals surface area (Å²) in [6, 6.07) is 0.954. The van der Waals surface area contributed by atoms with Crippen molar-refractivity contribution < 1.29 is 14.3 Å². The van der Waals surface area contributed by atoms with Gasteiger partial charge in [-0.05, 0) is 66.2 Å². The Morgan fingerprint density at radius 3 is 2.22 bits per heavy atom. The third kappa shape index (κ3) is 6.30. The molecule has 0 bridgehead atoms. The SMILES string of the molecule is CCOC1CCC(N2CCC(NC(=O)OC(C)(C)C)CC2)CC1. The zero-order valence-electron chi connectivity index (χ0n) is 15.3. The van der Waals surface area contributed by atoms with E-state index in [0.717, 1.165) is 32.5 Å². The van der Waals surface area contributed by atoms with Gasteiger partial charge in [0.15, 0.2) is 0 Å². The van der Waals surface area contributed by atoms with E-state index in [1.165, 1.54) is 25.7 Å². The minimum atomic E-state index is -0.427. The van der Waals surface area contributed by atoms with Crippen LogP contribution in [0.1, 0.15) is 66.2 Å². The Morgan fingerprint density at radius 1 is 1.09 bits per heavy atom. The van der Waals surface area contributed by atoms with Crippen LogP contribution in [0.15, 0.2) is 0 Å². The lowest BCUT2D eigenvalue weighted by Crippen LogP contribution is -2.49. The third-order valence-corrected chi connectivity index (χ3v) is 4.81. The van der Waals surface area contributed by atoms with E-state index in [1.54, 1.807) is 0 Å². The highest BCUT2D eigenvalue weighted by molar-refractivity contribution is 5.68. The topological polar surface area (TPSA) is 50.8 Å². The molecule has 1 N–H and O–H groups in total. The fraction of sp³-hybridized carbons (Fsp3) is 0.944. The summed E-state index contributed by atoms with van der Waals surface area (Å²) in [6.45, 7) is 10.7. The van der Waals surface area contributed by atoms with Crippen molar-refractivity contribution in [1.82, 2.24) is 10.2 Å². The molecule has 23 heavy (non-hydrogen) atoms. The zero-order valence-corrected chi connectivity index (χ0v) is 15.3. The standard InChI is InChI=1S/C18H34N2O3/c1-5-22-16-8-6-15(7-9-16)20-12-10-14(11-13-20)19-17(21)23-18(2,3)4/h14-16H,5-13H2,1-4H3,(H,19,21). The summed E-state index contributed by atoms with van der Waals surface area (Å²) < 4.78 is 11.1. The zero-order chi connectivity index (χ0) is 16.9. The van der Waals surface area contributed by atoms with Crippen LogP contribution in [0.4, 0.5) is 4.79 Å². The maximum atomic E-state index is 11.8. The van der Waals surface area contributed by atoms with Crippen molar-refractivity contribution in [2.45, 2.75) is 90.0 Å². The number of ether oxygens (including phenoxy) is 2. The van der Waals surface area contributed by atoms with Gasteiger partial charge in [0.1, 0.15) is 5.60 Å². The number of rotatable bonds is 4. The molecule has 5 heteroatoms. The highest BCUT2D eigenvalue weighted by Crippen LogP contribution is 2.27. The first-order chi connectivity index (χ1) is 10.9. The maximum absolute atomic E-state index is 11.8. The lowest BCUT2D eigenvalue weighted by molar-refractivity contribution is 0.00789. The summed E-state index contributed by atoms with van der Waals surface area (Å²) in [5.74, 6) is 0. The first kappa shape index (κ1) is 18.5. The number of amides is 1. The Bertz CT molecular complexity index is 365. The van der Waals surface area contributed by atoms with E-state index in [-0.39, 0.29) is 12.1 Å². The fourth-order valence-corrected chi connectivity index (χ4v) is 3.70. The Balaban J connectivity index is 1.67. The molecule has 2 fully saturated rings. The van der Waals surface area contributed by atoms with Crippen LogP contribution in [0.25, 0.3) is 0 Å². The van der Waals surface area contributed by atoms with Gasteiger partial charge in [-0.3, -0.25) is 0 Å². The van der Waals surface area contributed by atoms with Crippen LogP contribution >= 0.6 is 0 Å². The van der Waals surface area contributed by atoms with E-state index in [0.29, 0.717) is 12.1 Å². The molecular formula is C18H34N2O3. The molecule has 1 saturated carbocycles. The molecular weight excluding hydrogens is 292 g/mol. The van der Waals surface area contributed by atoms with E-state index in [2.05, 4.69) is 17.1 Å². The highest BCUT2D eigenvalue weighted by Gasteiger charge is 2.30. The Hall–Kier alpha value is -0.810. The van der Waals surface area contributed by atoms with Crippen LogP contribution in [-0.4, -0.2) is 54.5 Å². The molecule has 0 spiro atoms. The van der Waals surface area contributed by atoms with E-state index in [4.69, 9.17) is 9.47 Å². The van der Waals surface area contributed by atoms with E-state index in [9.17, 15) is 4.79 Å². The summed E-state index contributed by atoms with van der Waals surface area (Å²) in [5, 5.41) is 3.01. The summed E-state index contributed by atoms with van der Waals surface area (Å²) in [4.78, 5) is 14.5. The van der Waals surface area contributed by atoms with Gasteiger partial charge in [0.05, 0.1) is 6.10 Å². The largest absolute Gasteiger partial charge is 0.444 e. The molecule has 0 radical (unpaired) electrons. The number of carbonyl (C=O) groups excluding carboxylic acids is 1. The Kier molecular flexibility index (Phi) is 6.72. The molecule has 1 amide bonds. The van der Waals surface area contributed by atoms with Crippen molar-refractivity contribution in [2.75, 3.05) is 19.7 Å². The van der Waals surface area contributed by atoms with E-state index < -0.39 is 5.60 Å². The summed E-state index contributed by atoms with van der Waals surface area (Å²) in [7, 11) is 0. The first-order valence-corrected chi connectivity index (χ1v) is 9.22. The van der Waals surface area contributed by atoms with Crippen molar-refractivity contribution in [3.63, 3.8) is 0 Å². The number of nitrogens with zero attached hydrogens (tertiary/aromatic N) is 1. The van der Waals surface area contributed by atoms with Crippen molar-refractivity contribution in [3.05, 3.63) is 0 Å². The number of piperidine rings is 1. The average molecular weight is 326 g/mol. The van der Waals surface area contributed by atoms with E-state index >= 15 is 0 Å². The molecule has 134 valence electrons. The highest BCUT2D eigenvalue weighted by atomic mass is 16.6. The number of alkyl carbamates (subject to hydrolysis) is 1. The predicted octanol–water partition coefficient (Wildman–Crippen LogP) is 3.32. The second-order valence-corrected chi connectivity index (χ2v) is 7.84. The molecule has 0 unspecified atom stereocenters. The molecule has 2 rings (SSSR count). The summed E-state index contributed by atoms with van der Waals surface area (Å²) in [5.41, 5.74) is -0.427. The van der Waals surface area contributed by atoms with Gasteiger partial charge in [-0.2, -0.15) is 0 Å². The number of likely N-dealkylation sites (tertiary alicyclic amines) is 1. The van der Waals surface area contributed by atoms with E-state index in [1.807, 2.05) is 20.8 Å². The van der Waals surface area contributed by atoms with Gasteiger partial charge in [-0.1, -0.05) is 0 Å². The third-order valence-electron chi connectivity index (χ3n) is 4.81. The number of hydrogen-bond acceptors (Lipinski definition) is 4. The smallest absolute Gasteiger partial charge is 0.407 e. The van der Waals surface area contributed by atoms with Gasteiger partial charge in [0.2, 0.25) is 0 Å². The molecule has 1 aliphatic heterocycles. The number of nitrogens with one attached hydrogen (secondary N) is 1. The van der Waals surface area contributed by atoms with Gasteiger partial charge in [0.25, 0.3) is 0 Å².